The minimum Gasteiger partial charge on any atom is -0.481 e. The van der Waals surface area contributed by atoms with E-state index >= 15 is 0 Å². The molecule has 0 heterocycles. The molecule has 0 saturated carbocycles. The van der Waals surface area contributed by atoms with E-state index in [4.69, 9.17) is 4.74 Å². The number of nitrogens with zero attached hydrogens (tertiary/aromatic N) is 1. The van der Waals surface area contributed by atoms with Gasteiger partial charge in [0.15, 0.2) is 5.94 Å². The Labute approximate surface area is 97.9 Å². The maximum atomic E-state index is 11.7. The van der Waals surface area contributed by atoms with Gasteiger partial charge in [0.1, 0.15) is 5.75 Å². The number of benzene rings is 1. The van der Waals surface area contributed by atoms with Gasteiger partial charge in [-0.05, 0) is 36.2 Å². The number of hydrogen-bond acceptors (Lipinski definition) is 4. The van der Waals surface area contributed by atoms with Crippen LogP contribution in [0.15, 0.2) is 24.3 Å². The van der Waals surface area contributed by atoms with E-state index in [0.717, 1.165) is 17.6 Å². The Kier molecular flexibility index (Phi) is 4.91. The number of halogens is 1. The number of nitrogens with one attached hydrogen (secondary N) is 1. The van der Waals surface area contributed by atoms with Gasteiger partial charge >= 0.3 is 6.16 Å². The van der Waals surface area contributed by atoms with Crippen molar-refractivity contribution in [2.45, 2.75) is 0 Å². The molecule has 0 saturated heterocycles. The Hall–Kier alpha value is -1.43. The Morgan fingerprint density at radius 1 is 1.44 bits per heavy atom. The molecule has 0 fully saturated rings. The average Bonchev–Trinajstić information content (AvgIpc) is 2.25. The van der Waals surface area contributed by atoms with E-state index in [1.165, 1.54) is 0 Å². The van der Waals surface area contributed by atoms with Crippen molar-refractivity contribution in [2.24, 2.45) is 0 Å². The summed E-state index contributed by atoms with van der Waals surface area (Å²) in [6, 6.07) is 7.45. The molecule has 1 aromatic carbocycles. The number of carbonyl (C=O) groups excluding carboxylic acids is 1. The topological polar surface area (TPSA) is 41.6 Å². The lowest BCUT2D eigenvalue weighted by molar-refractivity contribution is 0.228. The highest BCUT2D eigenvalue weighted by atomic mass is 32.2. The zero-order valence-electron chi connectivity index (χ0n) is 9.07. The first kappa shape index (κ1) is 12.6. The summed E-state index contributed by atoms with van der Waals surface area (Å²) in [4.78, 5) is 11.9. The number of amides is 1. The van der Waals surface area contributed by atoms with Crippen LogP contribution < -0.4 is 14.4 Å². The van der Waals surface area contributed by atoms with Crippen molar-refractivity contribution in [3.8, 4) is 5.75 Å². The van der Waals surface area contributed by atoms with Crippen LogP contribution in [0.2, 0.25) is 0 Å². The van der Waals surface area contributed by atoms with Crippen molar-refractivity contribution in [2.75, 3.05) is 24.9 Å². The maximum Gasteiger partial charge on any atom is 0.407 e. The Balaban J connectivity index is 2.35. The number of hydrogen-bond donors (Lipinski definition) is 1. The lowest BCUT2D eigenvalue weighted by Gasteiger charge is -2.12. The number of ether oxygens (including phenoxy) is 1. The third-order valence-corrected chi connectivity index (χ3v) is 2.33. The Bertz CT molecular complexity index is 343. The molecular formula is C10H13FN2O2S. The van der Waals surface area contributed by atoms with E-state index in [2.05, 4.69) is 0 Å². The molecule has 0 unspecified atom stereocenters. The molecule has 0 aliphatic heterocycles. The minimum atomic E-state index is -1.57. The summed E-state index contributed by atoms with van der Waals surface area (Å²) in [7, 11) is 3.89. The predicted molar refractivity (Wildman–Crippen MR) is 63.5 cm³/mol. The van der Waals surface area contributed by atoms with Crippen molar-refractivity contribution >= 4 is 23.8 Å². The fraction of sp³-hybridized carbons (Fsp3) is 0.300. The molecule has 0 atom stereocenters. The van der Waals surface area contributed by atoms with E-state index < -0.39 is 6.16 Å². The fourth-order valence-corrected chi connectivity index (χ4v) is 1.39. The van der Waals surface area contributed by atoms with Gasteiger partial charge in [-0.3, -0.25) is 4.72 Å². The monoisotopic (exact) mass is 244 g/mol. The van der Waals surface area contributed by atoms with Crippen molar-refractivity contribution < 1.29 is 13.9 Å². The van der Waals surface area contributed by atoms with Crippen LogP contribution in [0.3, 0.4) is 0 Å². The van der Waals surface area contributed by atoms with Gasteiger partial charge in [-0.2, -0.15) is 0 Å². The molecule has 1 rings (SSSR count). The molecule has 0 aliphatic carbocycles. The van der Waals surface area contributed by atoms with Crippen LogP contribution >= 0.6 is 11.9 Å². The summed E-state index contributed by atoms with van der Waals surface area (Å²) in [5.74, 6) is 0.836. The van der Waals surface area contributed by atoms with Crippen LogP contribution in [0.5, 0.6) is 5.75 Å². The second-order valence-electron chi connectivity index (χ2n) is 3.17. The molecule has 0 aromatic heterocycles. The van der Waals surface area contributed by atoms with Crippen molar-refractivity contribution in [3.63, 3.8) is 0 Å². The van der Waals surface area contributed by atoms with Gasteiger partial charge in [0.2, 0.25) is 0 Å². The molecule has 1 aromatic rings. The molecule has 1 amide bonds. The van der Waals surface area contributed by atoms with Gasteiger partial charge < -0.3 is 9.64 Å². The van der Waals surface area contributed by atoms with Gasteiger partial charge in [-0.25, -0.2) is 4.79 Å². The lowest BCUT2D eigenvalue weighted by Crippen LogP contribution is -2.10. The third-order valence-electron chi connectivity index (χ3n) is 1.79. The maximum absolute atomic E-state index is 11.7. The Morgan fingerprint density at radius 2 is 2.06 bits per heavy atom. The third kappa shape index (κ3) is 4.39. The molecular weight excluding hydrogens is 231 g/mol. The predicted octanol–water partition coefficient (Wildman–Crippen LogP) is 2.42. The Morgan fingerprint density at radius 3 is 2.56 bits per heavy atom. The van der Waals surface area contributed by atoms with E-state index in [1.807, 2.05) is 48.0 Å². The van der Waals surface area contributed by atoms with Gasteiger partial charge in [-0.15, -0.1) is 4.39 Å². The van der Waals surface area contributed by atoms with E-state index in [-0.39, 0.29) is 5.94 Å². The smallest absolute Gasteiger partial charge is 0.407 e. The van der Waals surface area contributed by atoms with Crippen LogP contribution in [0.4, 0.5) is 14.9 Å². The SMILES string of the molecule is CN(C)c1ccc(OCSNC(=O)F)cc1. The van der Waals surface area contributed by atoms with Crippen LogP contribution in [-0.2, 0) is 0 Å². The first-order chi connectivity index (χ1) is 7.59. The van der Waals surface area contributed by atoms with Gasteiger partial charge in [0, 0.05) is 19.8 Å². The highest BCUT2D eigenvalue weighted by Gasteiger charge is 1.98. The second kappa shape index (κ2) is 6.22. The fourth-order valence-electron chi connectivity index (χ4n) is 1.02. The summed E-state index contributed by atoms with van der Waals surface area (Å²) in [5, 5.41) is 0. The second-order valence-corrected chi connectivity index (χ2v) is 3.90. The number of carbonyl (C=O) groups is 1. The van der Waals surface area contributed by atoms with Crippen molar-refractivity contribution in [1.82, 2.24) is 4.72 Å². The average molecular weight is 244 g/mol. The molecule has 0 radical (unpaired) electrons. The van der Waals surface area contributed by atoms with Crippen molar-refractivity contribution in [3.05, 3.63) is 24.3 Å². The molecule has 4 nitrogen and oxygen atoms in total. The molecule has 0 bridgehead atoms. The summed E-state index contributed by atoms with van der Waals surface area (Å²) in [6.45, 7) is 0. The molecule has 0 aliphatic rings. The van der Waals surface area contributed by atoms with Gasteiger partial charge in [-0.1, -0.05) is 0 Å². The normalized spacial score (nSPS) is 9.69. The molecule has 88 valence electrons. The first-order valence-corrected chi connectivity index (χ1v) is 5.55. The van der Waals surface area contributed by atoms with Gasteiger partial charge in [0.25, 0.3) is 0 Å². The number of anilines is 1. The van der Waals surface area contributed by atoms with Gasteiger partial charge in [0.05, 0.1) is 0 Å². The highest BCUT2D eigenvalue weighted by molar-refractivity contribution is 7.97. The summed E-state index contributed by atoms with van der Waals surface area (Å²) in [5.41, 5.74) is 1.07. The lowest BCUT2D eigenvalue weighted by atomic mass is 10.3. The number of rotatable bonds is 5. The first-order valence-electron chi connectivity index (χ1n) is 4.57. The molecule has 16 heavy (non-hydrogen) atoms. The summed E-state index contributed by atoms with van der Waals surface area (Å²) >= 11 is 0.860. The van der Waals surface area contributed by atoms with E-state index in [9.17, 15) is 9.18 Å². The van der Waals surface area contributed by atoms with Crippen LogP contribution in [0, 0.1) is 0 Å². The van der Waals surface area contributed by atoms with Crippen LogP contribution in [0.25, 0.3) is 0 Å². The molecule has 0 spiro atoms. The quantitative estimate of drug-likeness (QED) is 0.284. The van der Waals surface area contributed by atoms with Crippen LogP contribution in [-0.4, -0.2) is 26.2 Å². The summed E-state index contributed by atoms with van der Waals surface area (Å²) in [6.07, 6.45) is -1.57. The zero-order chi connectivity index (χ0) is 12.0. The highest BCUT2D eigenvalue weighted by Crippen LogP contribution is 2.18. The van der Waals surface area contributed by atoms with Crippen LogP contribution in [0.1, 0.15) is 0 Å². The largest absolute Gasteiger partial charge is 0.481 e. The molecule has 6 heteroatoms. The van der Waals surface area contributed by atoms with Crippen molar-refractivity contribution in [1.29, 1.82) is 0 Å². The zero-order valence-corrected chi connectivity index (χ0v) is 9.88. The summed E-state index contributed by atoms with van der Waals surface area (Å²) < 4.78 is 18.9. The van der Waals surface area contributed by atoms with E-state index in [0.29, 0.717) is 5.75 Å². The molecule has 1 N–H and O–H groups in total. The van der Waals surface area contributed by atoms with E-state index in [1.54, 1.807) is 0 Å². The standard InChI is InChI=1S/C10H13FN2O2S/c1-13(2)8-3-5-9(6-4-8)15-7-16-12-10(11)14/h3-6H,7H2,1-2H3,(H,12,14). The minimum absolute atomic E-state index is 0.164.